The van der Waals surface area contributed by atoms with Gasteiger partial charge in [-0.05, 0) is 19.9 Å². The van der Waals surface area contributed by atoms with Gasteiger partial charge in [-0.2, -0.15) is 0 Å². The molecule has 1 aromatic carbocycles. The number of hydrogen-bond donors (Lipinski definition) is 0. The number of nitrogens with zero attached hydrogens (tertiary/aromatic N) is 3. The highest BCUT2D eigenvalue weighted by molar-refractivity contribution is 5.55. The monoisotopic (exact) mass is 375 g/mol. The van der Waals surface area contributed by atoms with E-state index >= 15 is 0 Å². The molecule has 1 fully saturated rings. The largest absolute Gasteiger partial charge is 0.493 e. The Balaban J connectivity index is 1.62. The number of rotatable bonds is 7. The third kappa shape index (κ3) is 4.20. The minimum atomic E-state index is 0.648. The van der Waals surface area contributed by atoms with Crippen molar-refractivity contribution in [2.24, 2.45) is 0 Å². The number of piperazine rings is 1. The molecule has 2 heterocycles. The third-order valence-corrected chi connectivity index (χ3v) is 5.21. The van der Waals surface area contributed by atoms with Crippen LogP contribution in [-0.4, -0.2) is 62.5 Å². The van der Waals surface area contributed by atoms with Crippen LogP contribution in [0, 0.1) is 13.8 Å². The summed E-state index contributed by atoms with van der Waals surface area (Å²) < 4.78 is 21.8. The molecule has 148 valence electrons. The smallest absolute Gasteiger partial charge is 0.203 e. The number of methoxy groups -OCH3 is 3. The van der Waals surface area contributed by atoms with Crippen LogP contribution < -0.4 is 14.2 Å². The Morgan fingerprint density at radius 3 is 2.04 bits per heavy atom. The first-order chi connectivity index (χ1) is 13.1. The first-order valence-electron chi connectivity index (χ1n) is 9.21. The van der Waals surface area contributed by atoms with Crippen molar-refractivity contribution >= 4 is 0 Å². The van der Waals surface area contributed by atoms with E-state index in [0.717, 1.165) is 62.0 Å². The van der Waals surface area contributed by atoms with Crippen LogP contribution in [0.15, 0.2) is 16.7 Å². The summed E-state index contributed by atoms with van der Waals surface area (Å²) in [6.07, 6.45) is 0. The summed E-state index contributed by atoms with van der Waals surface area (Å²) in [6, 6.07) is 3.99. The average Bonchev–Trinajstić information content (AvgIpc) is 3.00. The molecule has 7 nitrogen and oxygen atoms in total. The van der Waals surface area contributed by atoms with Crippen LogP contribution in [0.4, 0.5) is 0 Å². The van der Waals surface area contributed by atoms with Gasteiger partial charge in [-0.25, -0.2) is 0 Å². The molecule has 0 amide bonds. The fraction of sp³-hybridized carbons (Fsp3) is 0.550. The molecule has 1 aliphatic heterocycles. The average molecular weight is 375 g/mol. The quantitative estimate of drug-likeness (QED) is 0.737. The van der Waals surface area contributed by atoms with Gasteiger partial charge in [-0.1, -0.05) is 11.2 Å². The first-order valence-corrected chi connectivity index (χ1v) is 9.21. The molecule has 0 N–H and O–H groups in total. The van der Waals surface area contributed by atoms with Gasteiger partial charge >= 0.3 is 0 Å². The maximum absolute atomic E-state index is 5.61. The standard InChI is InChI=1S/C20H29N3O4/c1-14-17(15(2)27-21-14)13-23-10-8-22(9-11-23)12-16-6-7-18(24-3)20(26-5)19(16)25-4/h6-7H,8-13H2,1-5H3. The molecule has 0 atom stereocenters. The summed E-state index contributed by atoms with van der Waals surface area (Å²) in [6.45, 7) is 9.73. The molecule has 7 heteroatoms. The van der Waals surface area contributed by atoms with E-state index in [1.165, 1.54) is 5.56 Å². The van der Waals surface area contributed by atoms with Gasteiger partial charge in [-0.3, -0.25) is 9.80 Å². The lowest BCUT2D eigenvalue weighted by atomic mass is 10.1. The maximum atomic E-state index is 5.61. The molecule has 0 spiro atoms. The Bertz CT molecular complexity index is 747. The van der Waals surface area contributed by atoms with Gasteiger partial charge in [0.25, 0.3) is 0 Å². The molecular weight excluding hydrogens is 346 g/mol. The number of aromatic nitrogens is 1. The summed E-state index contributed by atoms with van der Waals surface area (Å²) in [5.41, 5.74) is 3.31. The summed E-state index contributed by atoms with van der Waals surface area (Å²) in [7, 11) is 4.94. The van der Waals surface area contributed by atoms with E-state index in [9.17, 15) is 0 Å². The molecule has 1 saturated heterocycles. The van der Waals surface area contributed by atoms with Crippen LogP contribution in [-0.2, 0) is 13.1 Å². The Labute approximate surface area is 160 Å². The minimum Gasteiger partial charge on any atom is -0.493 e. The zero-order valence-electron chi connectivity index (χ0n) is 16.9. The number of aryl methyl sites for hydroxylation is 2. The van der Waals surface area contributed by atoms with Gasteiger partial charge in [0.2, 0.25) is 5.75 Å². The highest BCUT2D eigenvalue weighted by Crippen LogP contribution is 2.40. The fourth-order valence-electron chi connectivity index (χ4n) is 3.59. The first kappa shape index (κ1) is 19.5. The van der Waals surface area contributed by atoms with Gasteiger partial charge in [-0.15, -0.1) is 0 Å². The van der Waals surface area contributed by atoms with E-state index < -0.39 is 0 Å². The third-order valence-electron chi connectivity index (χ3n) is 5.21. The molecule has 2 aromatic rings. The van der Waals surface area contributed by atoms with E-state index in [2.05, 4.69) is 21.0 Å². The lowest BCUT2D eigenvalue weighted by molar-refractivity contribution is 0.120. The van der Waals surface area contributed by atoms with Crippen LogP contribution in [0.25, 0.3) is 0 Å². The van der Waals surface area contributed by atoms with Gasteiger partial charge < -0.3 is 18.7 Å². The molecular formula is C20H29N3O4. The molecule has 1 aliphatic rings. The summed E-state index contributed by atoms with van der Waals surface area (Å²) in [4.78, 5) is 4.89. The zero-order valence-corrected chi connectivity index (χ0v) is 16.9. The molecule has 1 aromatic heterocycles. The van der Waals surface area contributed by atoms with Crippen molar-refractivity contribution in [3.63, 3.8) is 0 Å². The van der Waals surface area contributed by atoms with Crippen molar-refractivity contribution in [3.8, 4) is 17.2 Å². The fourth-order valence-corrected chi connectivity index (χ4v) is 3.59. The van der Waals surface area contributed by atoms with Crippen molar-refractivity contribution in [1.29, 1.82) is 0 Å². The number of ether oxygens (including phenoxy) is 3. The van der Waals surface area contributed by atoms with Gasteiger partial charge in [0.15, 0.2) is 11.5 Å². The highest BCUT2D eigenvalue weighted by atomic mass is 16.5. The van der Waals surface area contributed by atoms with Crippen LogP contribution in [0.3, 0.4) is 0 Å². The second kappa shape index (κ2) is 8.63. The highest BCUT2D eigenvalue weighted by Gasteiger charge is 2.22. The summed E-state index contributed by atoms with van der Waals surface area (Å²) in [5.74, 6) is 3.00. The van der Waals surface area contributed by atoms with Crippen molar-refractivity contribution in [1.82, 2.24) is 15.0 Å². The Hall–Kier alpha value is -2.25. The SMILES string of the molecule is COc1ccc(CN2CCN(Cc3c(C)noc3C)CC2)c(OC)c1OC. The van der Waals surface area contributed by atoms with E-state index in [1.54, 1.807) is 21.3 Å². The van der Waals surface area contributed by atoms with E-state index in [1.807, 2.05) is 19.9 Å². The summed E-state index contributed by atoms with van der Waals surface area (Å²) in [5, 5.41) is 4.05. The second-order valence-electron chi connectivity index (χ2n) is 6.85. The zero-order chi connectivity index (χ0) is 19.4. The van der Waals surface area contributed by atoms with Gasteiger partial charge in [0.05, 0.1) is 27.0 Å². The Kier molecular flexibility index (Phi) is 6.23. The lowest BCUT2D eigenvalue weighted by Crippen LogP contribution is -2.45. The van der Waals surface area contributed by atoms with Crippen LogP contribution >= 0.6 is 0 Å². The van der Waals surface area contributed by atoms with Crippen molar-refractivity contribution in [2.45, 2.75) is 26.9 Å². The predicted molar refractivity (Wildman–Crippen MR) is 103 cm³/mol. The van der Waals surface area contributed by atoms with Gasteiger partial charge in [0, 0.05) is 50.4 Å². The molecule has 0 bridgehead atoms. The topological polar surface area (TPSA) is 60.2 Å². The molecule has 0 radical (unpaired) electrons. The number of benzene rings is 1. The van der Waals surface area contributed by atoms with Crippen molar-refractivity contribution in [2.75, 3.05) is 47.5 Å². The molecule has 3 rings (SSSR count). The molecule has 0 unspecified atom stereocenters. The minimum absolute atomic E-state index is 0.648. The maximum Gasteiger partial charge on any atom is 0.203 e. The Morgan fingerprint density at radius 1 is 0.889 bits per heavy atom. The van der Waals surface area contributed by atoms with E-state index in [0.29, 0.717) is 11.5 Å². The number of hydrogen-bond acceptors (Lipinski definition) is 7. The molecule has 0 aliphatic carbocycles. The molecule has 27 heavy (non-hydrogen) atoms. The van der Waals surface area contributed by atoms with Crippen LogP contribution in [0.5, 0.6) is 17.2 Å². The van der Waals surface area contributed by atoms with E-state index in [4.69, 9.17) is 18.7 Å². The summed E-state index contributed by atoms with van der Waals surface area (Å²) >= 11 is 0. The van der Waals surface area contributed by atoms with Crippen molar-refractivity contribution < 1.29 is 18.7 Å². The van der Waals surface area contributed by atoms with Crippen LogP contribution in [0.2, 0.25) is 0 Å². The predicted octanol–water partition coefficient (Wildman–Crippen LogP) is 2.64. The second-order valence-corrected chi connectivity index (χ2v) is 6.85. The lowest BCUT2D eigenvalue weighted by Gasteiger charge is -2.35. The normalized spacial score (nSPS) is 15.7. The van der Waals surface area contributed by atoms with Crippen molar-refractivity contribution in [3.05, 3.63) is 34.7 Å². The van der Waals surface area contributed by atoms with Gasteiger partial charge in [0.1, 0.15) is 5.76 Å². The van der Waals surface area contributed by atoms with E-state index in [-0.39, 0.29) is 0 Å². The Morgan fingerprint density at radius 2 is 1.52 bits per heavy atom. The molecule has 0 saturated carbocycles. The van der Waals surface area contributed by atoms with Crippen LogP contribution in [0.1, 0.15) is 22.6 Å².